The van der Waals surface area contributed by atoms with Crippen molar-refractivity contribution in [3.05, 3.63) is 95.6 Å². The number of amides is 3. The van der Waals surface area contributed by atoms with Crippen molar-refractivity contribution in [2.24, 2.45) is 0 Å². The summed E-state index contributed by atoms with van der Waals surface area (Å²) in [5.41, 5.74) is 3.23. The molecule has 1 aliphatic heterocycles. The molecule has 192 valence electrons. The molecule has 1 fully saturated rings. The van der Waals surface area contributed by atoms with Crippen LogP contribution in [-0.2, 0) is 20.7 Å². The molecule has 1 heterocycles. The van der Waals surface area contributed by atoms with Crippen LogP contribution in [0, 0.1) is 0 Å². The molecule has 0 aliphatic carbocycles. The normalized spacial score (nSPS) is 16.6. The Labute approximate surface area is 216 Å². The van der Waals surface area contributed by atoms with Crippen LogP contribution in [0.25, 0.3) is 0 Å². The van der Waals surface area contributed by atoms with Crippen molar-refractivity contribution in [2.75, 3.05) is 26.1 Å². The standard InChI is InChI=1S/C29H31N3O5/c1-36-26-14-7-6-13-23(26)25-16-15-24(21-10-4-3-5-11-21)32(25)27(33)19-30-29(35)31-22-12-8-9-20(17-22)18-28(34)37-2/h3-14,17,24-25H,15-16,18-19H2,1-2H3,(H2,30,31,35)/t24-,25+/m1/s1. The Morgan fingerprint density at radius 2 is 1.62 bits per heavy atom. The lowest BCUT2D eigenvalue weighted by molar-refractivity contribution is -0.139. The quantitative estimate of drug-likeness (QED) is 0.439. The number of urea groups is 1. The molecule has 3 amide bonds. The number of nitrogens with zero attached hydrogens (tertiary/aromatic N) is 1. The number of rotatable bonds is 8. The number of likely N-dealkylation sites (tertiary alicyclic amines) is 1. The van der Waals surface area contributed by atoms with Crippen molar-refractivity contribution in [1.82, 2.24) is 10.2 Å². The molecule has 0 aromatic heterocycles. The second-order valence-electron chi connectivity index (χ2n) is 8.82. The molecular formula is C29H31N3O5. The lowest BCUT2D eigenvalue weighted by atomic mass is 10.0. The minimum atomic E-state index is -0.507. The lowest BCUT2D eigenvalue weighted by Crippen LogP contribution is -2.42. The van der Waals surface area contributed by atoms with Crippen molar-refractivity contribution < 1.29 is 23.9 Å². The largest absolute Gasteiger partial charge is 0.496 e. The van der Waals surface area contributed by atoms with E-state index in [1.807, 2.05) is 59.5 Å². The van der Waals surface area contributed by atoms with Gasteiger partial charge in [-0.3, -0.25) is 9.59 Å². The summed E-state index contributed by atoms with van der Waals surface area (Å²) in [7, 11) is 2.96. The molecule has 2 N–H and O–H groups in total. The first-order chi connectivity index (χ1) is 18.0. The topological polar surface area (TPSA) is 97.0 Å². The van der Waals surface area contributed by atoms with Crippen LogP contribution in [0.3, 0.4) is 0 Å². The van der Waals surface area contributed by atoms with Gasteiger partial charge >= 0.3 is 12.0 Å². The number of hydrogen-bond acceptors (Lipinski definition) is 5. The van der Waals surface area contributed by atoms with Gasteiger partial charge < -0.3 is 25.0 Å². The summed E-state index contributed by atoms with van der Waals surface area (Å²) in [6.45, 7) is -0.164. The molecule has 1 saturated heterocycles. The number of methoxy groups -OCH3 is 2. The van der Waals surface area contributed by atoms with Crippen LogP contribution >= 0.6 is 0 Å². The summed E-state index contributed by atoms with van der Waals surface area (Å²) in [4.78, 5) is 39.6. The van der Waals surface area contributed by atoms with Gasteiger partial charge in [-0.05, 0) is 42.2 Å². The summed E-state index contributed by atoms with van der Waals surface area (Å²) in [5, 5.41) is 5.42. The van der Waals surface area contributed by atoms with Crippen LogP contribution < -0.4 is 15.4 Å². The van der Waals surface area contributed by atoms with Crippen molar-refractivity contribution >= 4 is 23.6 Å². The Bertz CT molecular complexity index is 1250. The predicted octanol–water partition coefficient (Wildman–Crippen LogP) is 4.64. The van der Waals surface area contributed by atoms with Gasteiger partial charge in [0.1, 0.15) is 5.75 Å². The number of carbonyl (C=O) groups is 3. The van der Waals surface area contributed by atoms with E-state index in [0.717, 1.165) is 29.7 Å². The monoisotopic (exact) mass is 501 g/mol. The first-order valence-electron chi connectivity index (χ1n) is 12.2. The number of esters is 1. The highest BCUT2D eigenvalue weighted by molar-refractivity contribution is 5.92. The molecule has 0 saturated carbocycles. The third-order valence-corrected chi connectivity index (χ3v) is 6.52. The minimum absolute atomic E-state index is 0.103. The van der Waals surface area contributed by atoms with E-state index < -0.39 is 6.03 Å². The van der Waals surface area contributed by atoms with Gasteiger partial charge in [-0.15, -0.1) is 0 Å². The smallest absolute Gasteiger partial charge is 0.319 e. The van der Waals surface area contributed by atoms with Crippen molar-refractivity contribution in [3.8, 4) is 5.75 Å². The SMILES string of the molecule is COC(=O)Cc1cccc(NC(=O)NCC(=O)N2[C@@H](c3ccccc3)CC[C@H]2c2ccccc2OC)c1. The van der Waals surface area contributed by atoms with Crippen molar-refractivity contribution in [1.29, 1.82) is 0 Å². The number of benzene rings is 3. The molecule has 8 heteroatoms. The van der Waals surface area contributed by atoms with Gasteiger partial charge in [0.05, 0.1) is 39.3 Å². The Morgan fingerprint density at radius 1 is 0.892 bits per heavy atom. The summed E-state index contributed by atoms with van der Waals surface area (Å²) in [6, 6.07) is 23.8. The molecule has 2 atom stereocenters. The van der Waals surface area contributed by atoms with E-state index in [9.17, 15) is 14.4 Å². The molecule has 4 rings (SSSR count). The number of ether oxygens (including phenoxy) is 2. The van der Waals surface area contributed by atoms with E-state index in [4.69, 9.17) is 9.47 Å². The van der Waals surface area contributed by atoms with Gasteiger partial charge in [-0.2, -0.15) is 0 Å². The summed E-state index contributed by atoms with van der Waals surface area (Å²) >= 11 is 0. The van der Waals surface area contributed by atoms with Crippen molar-refractivity contribution in [2.45, 2.75) is 31.3 Å². The predicted molar refractivity (Wildman–Crippen MR) is 140 cm³/mol. The molecule has 8 nitrogen and oxygen atoms in total. The minimum Gasteiger partial charge on any atom is -0.496 e. The average molecular weight is 502 g/mol. The Morgan fingerprint density at radius 3 is 2.38 bits per heavy atom. The van der Waals surface area contributed by atoms with Crippen LogP contribution in [0.4, 0.5) is 10.5 Å². The first kappa shape index (κ1) is 25.8. The fourth-order valence-corrected chi connectivity index (χ4v) is 4.83. The van der Waals surface area contributed by atoms with Gasteiger partial charge in [0.2, 0.25) is 5.91 Å². The first-order valence-corrected chi connectivity index (χ1v) is 12.2. The molecule has 0 unspecified atom stereocenters. The van der Waals surface area contributed by atoms with Crippen LogP contribution in [0.2, 0.25) is 0 Å². The molecule has 1 aliphatic rings. The van der Waals surface area contributed by atoms with E-state index in [0.29, 0.717) is 11.3 Å². The molecular weight excluding hydrogens is 470 g/mol. The Kier molecular flexibility index (Phi) is 8.40. The maximum atomic E-state index is 13.6. The van der Waals surface area contributed by atoms with Gasteiger partial charge in [0.25, 0.3) is 0 Å². The fourth-order valence-electron chi connectivity index (χ4n) is 4.83. The zero-order chi connectivity index (χ0) is 26.2. The van der Waals surface area contributed by atoms with Crippen molar-refractivity contribution in [3.63, 3.8) is 0 Å². The van der Waals surface area contributed by atoms with Crippen LogP contribution in [0.15, 0.2) is 78.9 Å². The van der Waals surface area contributed by atoms with Gasteiger partial charge in [-0.25, -0.2) is 4.79 Å². The summed E-state index contributed by atoms with van der Waals surface area (Å²) < 4.78 is 10.3. The van der Waals surface area contributed by atoms with E-state index in [2.05, 4.69) is 10.6 Å². The highest BCUT2D eigenvalue weighted by Crippen LogP contribution is 2.46. The number of para-hydroxylation sites is 1. The van der Waals surface area contributed by atoms with Crippen LogP contribution in [-0.4, -0.2) is 43.6 Å². The van der Waals surface area contributed by atoms with Crippen LogP contribution in [0.1, 0.15) is 41.6 Å². The highest BCUT2D eigenvalue weighted by atomic mass is 16.5. The van der Waals surface area contributed by atoms with E-state index >= 15 is 0 Å². The average Bonchev–Trinajstić information content (AvgIpc) is 3.37. The number of carbonyl (C=O) groups excluding carboxylic acids is 3. The fraction of sp³-hybridized carbons (Fsp3) is 0.276. The van der Waals surface area contributed by atoms with Gasteiger partial charge in [0, 0.05) is 11.3 Å². The van der Waals surface area contributed by atoms with E-state index in [1.165, 1.54) is 7.11 Å². The molecule has 0 spiro atoms. The molecule has 0 bridgehead atoms. The lowest BCUT2D eigenvalue weighted by Gasteiger charge is -2.32. The summed E-state index contributed by atoms with van der Waals surface area (Å²) in [5.74, 6) is 0.184. The van der Waals surface area contributed by atoms with Crippen LogP contribution in [0.5, 0.6) is 5.75 Å². The number of nitrogens with one attached hydrogen (secondary N) is 2. The van der Waals surface area contributed by atoms with E-state index in [1.54, 1.807) is 31.4 Å². The second kappa shape index (κ2) is 12.1. The van der Waals surface area contributed by atoms with Gasteiger partial charge in [0.15, 0.2) is 0 Å². The molecule has 0 radical (unpaired) electrons. The third-order valence-electron chi connectivity index (χ3n) is 6.52. The summed E-state index contributed by atoms with van der Waals surface area (Å²) in [6.07, 6.45) is 1.69. The second-order valence-corrected chi connectivity index (χ2v) is 8.82. The number of anilines is 1. The maximum absolute atomic E-state index is 13.6. The number of hydrogen-bond donors (Lipinski definition) is 2. The zero-order valence-corrected chi connectivity index (χ0v) is 21.0. The Hall–Kier alpha value is -4.33. The molecule has 37 heavy (non-hydrogen) atoms. The molecule has 3 aromatic carbocycles. The highest BCUT2D eigenvalue weighted by Gasteiger charge is 2.39. The maximum Gasteiger partial charge on any atom is 0.319 e. The molecule has 3 aromatic rings. The third kappa shape index (κ3) is 6.27. The van der Waals surface area contributed by atoms with E-state index in [-0.39, 0.29) is 36.9 Å². The van der Waals surface area contributed by atoms with Gasteiger partial charge in [-0.1, -0.05) is 60.7 Å². The Balaban J connectivity index is 1.47. The zero-order valence-electron chi connectivity index (χ0n) is 21.0.